The molecule has 0 radical (unpaired) electrons. The molecule has 0 aliphatic heterocycles. The van der Waals surface area contributed by atoms with E-state index in [9.17, 15) is 8.42 Å². The molecule has 1 unspecified atom stereocenters. The number of nitrogens with zero attached hydrogens (tertiary/aromatic N) is 3. The molecular weight excluding hydrogens is 370 g/mol. The van der Waals surface area contributed by atoms with Crippen LogP contribution in [0.15, 0.2) is 47.8 Å². The molecule has 2 heterocycles. The number of aryl methyl sites for hydroxylation is 1. The summed E-state index contributed by atoms with van der Waals surface area (Å²) in [5.41, 5.74) is 3.80. The van der Waals surface area contributed by atoms with Crippen LogP contribution in [-0.2, 0) is 23.5 Å². The molecule has 1 aliphatic carbocycles. The van der Waals surface area contributed by atoms with Crippen LogP contribution in [0.2, 0.25) is 5.02 Å². The molecule has 1 aliphatic rings. The van der Waals surface area contributed by atoms with Gasteiger partial charge in [0, 0.05) is 30.0 Å². The van der Waals surface area contributed by atoms with Gasteiger partial charge in [-0.05, 0) is 54.5 Å². The van der Waals surface area contributed by atoms with E-state index in [0.717, 1.165) is 41.6 Å². The SMILES string of the molecule is CCC1CCc2c1cn(S(=O)(=O)c1cccc(Cl)c1)c2-c1cnn(C)c1. The molecule has 26 heavy (non-hydrogen) atoms. The van der Waals surface area contributed by atoms with Gasteiger partial charge >= 0.3 is 0 Å². The molecule has 0 saturated heterocycles. The summed E-state index contributed by atoms with van der Waals surface area (Å²) >= 11 is 6.03. The summed E-state index contributed by atoms with van der Waals surface area (Å²) in [6.07, 6.45) is 8.33. The van der Waals surface area contributed by atoms with Crippen molar-refractivity contribution in [1.82, 2.24) is 13.8 Å². The fourth-order valence-corrected chi connectivity index (χ4v) is 5.54. The zero-order valence-electron chi connectivity index (χ0n) is 14.7. The third kappa shape index (κ3) is 2.68. The molecule has 7 heteroatoms. The van der Waals surface area contributed by atoms with Crippen molar-refractivity contribution in [1.29, 1.82) is 0 Å². The van der Waals surface area contributed by atoms with Gasteiger partial charge in [-0.25, -0.2) is 12.4 Å². The summed E-state index contributed by atoms with van der Waals surface area (Å²) in [7, 11) is -1.91. The smallest absolute Gasteiger partial charge is 0.268 e. The average Bonchev–Trinajstić information content (AvgIpc) is 3.29. The van der Waals surface area contributed by atoms with E-state index < -0.39 is 10.0 Å². The lowest BCUT2D eigenvalue weighted by molar-refractivity contribution is 0.586. The van der Waals surface area contributed by atoms with E-state index in [4.69, 9.17) is 11.6 Å². The maximum atomic E-state index is 13.4. The van der Waals surface area contributed by atoms with E-state index >= 15 is 0 Å². The van der Waals surface area contributed by atoms with Gasteiger partial charge in [0.1, 0.15) is 0 Å². The van der Waals surface area contributed by atoms with Crippen LogP contribution in [-0.4, -0.2) is 22.2 Å². The molecule has 0 N–H and O–H groups in total. The van der Waals surface area contributed by atoms with Gasteiger partial charge in [0.2, 0.25) is 0 Å². The number of rotatable bonds is 4. The topological polar surface area (TPSA) is 56.9 Å². The largest absolute Gasteiger partial charge is 0.275 e. The molecule has 136 valence electrons. The van der Waals surface area contributed by atoms with Crippen molar-refractivity contribution in [2.45, 2.75) is 37.0 Å². The Balaban J connectivity index is 1.97. The van der Waals surface area contributed by atoms with E-state index in [0.29, 0.717) is 10.9 Å². The molecule has 0 bridgehead atoms. The Morgan fingerprint density at radius 3 is 2.77 bits per heavy atom. The Labute approximate surface area is 158 Å². The molecule has 4 rings (SSSR count). The highest BCUT2D eigenvalue weighted by molar-refractivity contribution is 7.90. The molecule has 5 nitrogen and oxygen atoms in total. The third-order valence-electron chi connectivity index (χ3n) is 5.12. The lowest BCUT2D eigenvalue weighted by Gasteiger charge is -2.12. The Hall–Kier alpha value is -2.05. The maximum absolute atomic E-state index is 13.4. The summed E-state index contributed by atoms with van der Waals surface area (Å²) in [5, 5.41) is 4.64. The van der Waals surface area contributed by atoms with Gasteiger partial charge in [-0.3, -0.25) is 4.68 Å². The summed E-state index contributed by atoms with van der Waals surface area (Å²) < 4.78 is 29.8. The predicted molar refractivity (Wildman–Crippen MR) is 102 cm³/mol. The van der Waals surface area contributed by atoms with Gasteiger partial charge in [0.25, 0.3) is 10.0 Å². The Bertz CT molecular complexity index is 1080. The maximum Gasteiger partial charge on any atom is 0.268 e. The van der Waals surface area contributed by atoms with Crippen LogP contribution in [0.4, 0.5) is 0 Å². The van der Waals surface area contributed by atoms with Crippen molar-refractivity contribution in [3.63, 3.8) is 0 Å². The van der Waals surface area contributed by atoms with Gasteiger partial charge in [-0.15, -0.1) is 0 Å². The number of aromatic nitrogens is 3. The molecule has 2 aromatic heterocycles. The Kier molecular flexibility index (Phi) is 4.20. The summed E-state index contributed by atoms with van der Waals surface area (Å²) in [4.78, 5) is 0.192. The van der Waals surface area contributed by atoms with E-state index in [1.54, 1.807) is 35.3 Å². The first-order valence-corrected chi connectivity index (χ1v) is 10.5. The van der Waals surface area contributed by atoms with Crippen LogP contribution in [0, 0.1) is 0 Å². The Morgan fingerprint density at radius 2 is 2.12 bits per heavy atom. The quantitative estimate of drug-likeness (QED) is 0.671. The first kappa shape index (κ1) is 17.4. The number of benzene rings is 1. The van der Waals surface area contributed by atoms with Gasteiger partial charge < -0.3 is 0 Å². The number of hydrogen-bond donors (Lipinski definition) is 0. The van der Waals surface area contributed by atoms with Crippen LogP contribution in [0.5, 0.6) is 0 Å². The van der Waals surface area contributed by atoms with Crippen LogP contribution in [0.3, 0.4) is 0 Å². The first-order chi connectivity index (χ1) is 12.4. The highest BCUT2D eigenvalue weighted by Crippen LogP contribution is 2.43. The minimum Gasteiger partial charge on any atom is -0.275 e. The molecule has 3 aromatic rings. The minimum absolute atomic E-state index is 0.192. The monoisotopic (exact) mass is 389 g/mol. The van der Waals surface area contributed by atoms with E-state index in [2.05, 4.69) is 12.0 Å². The van der Waals surface area contributed by atoms with Gasteiger partial charge in [-0.1, -0.05) is 24.6 Å². The molecule has 0 amide bonds. The van der Waals surface area contributed by atoms with Crippen molar-refractivity contribution in [3.8, 4) is 11.3 Å². The second-order valence-electron chi connectivity index (χ2n) is 6.72. The van der Waals surface area contributed by atoms with Crippen molar-refractivity contribution in [2.24, 2.45) is 7.05 Å². The number of hydrogen-bond acceptors (Lipinski definition) is 3. The van der Waals surface area contributed by atoms with Crippen molar-refractivity contribution in [2.75, 3.05) is 0 Å². The lowest BCUT2D eigenvalue weighted by atomic mass is 10.0. The van der Waals surface area contributed by atoms with Gasteiger partial charge in [0.05, 0.1) is 16.8 Å². The van der Waals surface area contributed by atoms with Crippen LogP contribution in [0.25, 0.3) is 11.3 Å². The molecule has 0 fully saturated rings. The van der Waals surface area contributed by atoms with E-state index in [-0.39, 0.29) is 4.90 Å². The lowest BCUT2D eigenvalue weighted by Crippen LogP contribution is -2.14. The van der Waals surface area contributed by atoms with Crippen molar-refractivity contribution in [3.05, 3.63) is 59.0 Å². The third-order valence-corrected chi connectivity index (χ3v) is 7.01. The summed E-state index contributed by atoms with van der Waals surface area (Å²) in [6.45, 7) is 2.15. The fourth-order valence-electron chi connectivity index (χ4n) is 3.83. The predicted octanol–water partition coefficient (Wildman–Crippen LogP) is 4.22. The Morgan fingerprint density at radius 1 is 1.31 bits per heavy atom. The van der Waals surface area contributed by atoms with E-state index in [1.165, 1.54) is 10.0 Å². The second-order valence-corrected chi connectivity index (χ2v) is 8.97. The van der Waals surface area contributed by atoms with Crippen molar-refractivity contribution < 1.29 is 8.42 Å². The molecular formula is C19H20ClN3O2S. The van der Waals surface area contributed by atoms with E-state index in [1.807, 2.05) is 13.2 Å². The molecule has 0 saturated carbocycles. The minimum atomic E-state index is -3.75. The summed E-state index contributed by atoms with van der Waals surface area (Å²) in [6, 6.07) is 6.40. The van der Waals surface area contributed by atoms with Crippen molar-refractivity contribution >= 4 is 21.6 Å². The van der Waals surface area contributed by atoms with Gasteiger partial charge in [-0.2, -0.15) is 5.10 Å². The first-order valence-electron chi connectivity index (χ1n) is 8.66. The van der Waals surface area contributed by atoms with Crippen LogP contribution < -0.4 is 0 Å². The zero-order valence-corrected chi connectivity index (χ0v) is 16.3. The number of halogens is 1. The normalized spacial score (nSPS) is 16.8. The average molecular weight is 390 g/mol. The molecule has 0 spiro atoms. The standard InChI is InChI=1S/C19H20ClN3O2S/c1-3-13-7-8-17-18(13)12-23(19(17)14-10-21-22(2)11-14)26(24,25)16-6-4-5-15(20)9-16/h4-6,9-13H,3,7-8H2,1-2H3. The van der Waals surface area contributed by atoms with Crippen LogP contribution in [0.1, 0.15) is 36.8 Å². The molecule has 1 atom stereocenters. The highest BCUT2D eigenvalue weighted by Gasteiger charge is 2.32. The molecule has 1 aromatic carbocycles. The second kappa shape index (κ2) is 6.28. The van der Waals surface area contributed by atoms with Gasteiger partial charge in [0.15, 0.2) is 0 Å². The zero-order chi connectivity index (χ0) is 18.5. The number of fused-ring (bicyclic) bond motifs is 1. The fraction of sp³-hybridized carbons (Fsp3) is 0.316. The summed E-state index contributed by atoms with van der Waals surface area (Å²) in [5.74, 6) is 0.399. The highest BCUT2D eigenvalue weighted by atomic mass is 35.5. The van der Waals surface area contributed by atoms with Crippen LogP contribution >= 0.6 is 11.6 Å².